The van der Waals surface area contributed by atoms with Crippen LogP contribution in [0.1, 0.15) is 12.8 Å². The number of thioether (sulfide) groups is 1. The molecular weight excluding hydrogens is 460 g/mol. The van der Waals surface area contributed by atoms with Crippen LogP contribution in [0.4, 0.5) is 5.69 Å². The Morgan fingerprint density at radius 3 is 3.03 bits per heavy atom. The summed E-state index contributed by atoms with van der Waals surface area (Å²) < 4.78 is 13.3. The number of thiophene rings is 1. The summed E-state index contributed by atoms with van der Waals surface area (Å²) in [5.74, 6) is 0.476. The monoisotopic (exact) mass is 482 g/mol. The van der Waals surface area contributed by atoms with Crippen molar-refractivity contribution in [2.75, 3.05) is 24.8 Å². The number of para-hydroxylation sites is 2. The number of rotatable bonds is 7. The van der Waals surface area contributed by atoms with Gasteiger partial charge in [-0.2, -0.15) is 0 Å². The van der Waals surface area contributed by atoms with Crippen molar-refractivity contribution in [1.82, 2.24) is 14.5 Å². The summed E-state index contributed by atoms with van der Waals surface area (Å²) in [6.45, 7) is 1.12. The zero-order valence-corrected chi connectivity index (χ0v) is 19.6. The number of methoxy groups -OCH3 is 1. The van der Waals surface area contributed by atoms with Crippen molar-refractivity contribution < 1.29 is 14.3 Å². The quantitative estimate of drug-likeness (QED) is 0.315. The molecule has 1 atom stereocenters. The van der Waals surface area contributed by atoms with Gasteiger partial charge in [-0.1, -0.05) is 23.9 Å². The smallest absolute Gasteiger partial charge is 0.272 e. The Morgan fingerprint density at radius 1 is 1.33 bits per heavy atom. The van der Waals surface area contributed by atoms with Gasteiger partial charge in [0.1, 0.15) is 15.3 Å². The van der Waals surface area contributed by atoms with Crippen molar-refractivity contribution in [2.45, 2.75) is 30.6 Å². The van der Waals surface area contributed by atoms with Crippen molar-refractivity contribution in [2.24, 2.45) is 0 Å². The zero-order chi connectivity index (χ0) is 22.8. The lowest BCUT2D eigenvalue weighted by Gasteiger charge is -2.16. The number of aromatic nitrogens is 3. The summed E-state index contributed by atoms with van der Waals surface area (Å²) in [5, 5.41) is 4.22. The maximum atomic E-state index is 13.4. The first-order valence-corrected chi connectivity index (χ1v) is 12.4. The number of carbonyl (C=O) groups excluding carboxylic acids is 1. The first-order chi connectivity index (χ1) is 16.1. The minimum atomic E-state index is -0.209. The van der Waals surface area contributed by atoms with Gasteiger partial charge in [0.25, 0.3) is 5.56 Å². The molecule has 1 N–H and O–H groups in total. The second kappa shape index (κ2) is 9.50. The molecule has 1 unspecified atom stereocenters. The lowest BCUT2D eigenvalue weighted by Crippen LogP contribution is -2.28. The standard InChI is InChI=1S/C23H22N4O4S2/c1-30-17-9-3-2-8-16(17)25-18(28)13-32-23-26-19-15-7-4-10-24-21(15)33-20(19)22(29)27(23)12-14-6-5-11-31-14/h2-4,7-10,14H,5-6,11-13H2,1H3,(H,25,28). The molecule has 1 fully saturated rings. The van der Waals surface area contributed by atoms with Crippen LogP contribution in [-0.4, -0.2) is 46.0 Å². The van der Waals surface area contributed by atoms with E-state index in [-0.39, 0.29) is 23.3 Å². The van der Waals surface area contributed by atoms with E-state index < -0.39 is 0 Å². The van der Waals surface area contributed by atoms with Gasteiger partial charge in [-0.3, -0.25) is 14.2 Å². The highest BCUT2D eigenvalue weighted by molar-refractivity contribution is 7.99. The Labute approximate surface area is 197 Å². The zero-order valence-electron chi connectivity index (χ0n) is 17.9. The highest BCUT2D eigenvalue weighted by atomic mass is 32.2. The SMILES string of the molecule is COc1ccccc1NC(=O)CSc1nc2c(sc3ncccc32)c(=O)n1CC1CCCO1. The third-order valence-corrected chi connectivity index (χ3v) is 7.51. The molecule has 33 heavy (non-hydrogen) atoms. The first-order valence-electron chi connectivity index (χ1n) is 10.6. The average Bonchev–Trinajstić information content (AvgIpc) is 3.48. The number of nitrogens with one attached hydrogen (secondary N) is 1. The summed E-state index contributed by atoms with van der Waals surface area (Å²) in [6.07, 6.45) is 3.56. The molecule has 3 aromatic heterocycles. The molecule has 170 valence electrons. The Bertz CT molecular complexity index is 1380. The van der Waals surface area contributed by atoms with Gasteiger partial charge in [-0.05, 0) is 37.1 Å². The van der Waals surface area contributed by atoms with Crippen LogP contribution in [-0.2, 0) is 16.1 Å². The van der Waals surface area contributed by atoms with E-state index >= 15 is 0 Å². The van der Waals surface area contributed by atoms with Crippen LogP contribution in [0.2, 0.25) is 0 Å². The molecule has 4 aromatic rings. The number of pyridine rings is 1. The molecule has 1 saturated heterocycles. The van der Waals surface area contributed by atoms with Crippen LogP contribution in [0, 0.1) is 0 Å². The molecule has 0 bridgehead atoms. The summed E-state index contributed by atoms with van der Waals surface area (Å²) in [5.41, 5.74) is 1.11. The molecule has 0 saturated carbocycles. The van der Waals surface area contributed by atoms with E-state index in [4.69, 9.17) is 14.5 Å². The molecule has 0 aliphatic carbocycles. The molecule has 4 heterocycles. The second-order valence-electron chi connectivity index (χ2n) is 7.62. The van der Waals surface area contributed by atoms with Gasteiger partial charge in [0, 0.05) is 18.2 Å². The summed E-state index contributed by atoms with van der Waals surface area (Å²) >= 11 is 2.59. The Kier molecular flexibility index (Phi) is 6.30. The number of hydrogen-bond donors (Lipinski definition) is 1. The van der Waals surface area contributed by atoms with Gasteiger partial charge in [0.2, 0.25) is 5.91 Å². The summed E-state index contributed by atoms with van der Waals surface area (Å²) in [7, 11) is 1.56. The molecule has 8 nitrogen and oxygen atoms in total. The maximum Gasteiger partial charge on any atom is 0.272 e. The predicted octanol–water partition coefficient (Wildman–Crippen LogP) is 3.92. The van der Waals surface area contributed by atoms with Crippen LogP contribution in [0.5, 0.6) is 5.75 Å². The highest BCUT2D eigenvalue weighted by Gasteiger charge is 2.22. The van der Waals surface area contributed by atoms with E-state index in [1.165, 1.54) is 23.1 Å². The first kappa shape index (κ1) is 21.9. The molecule has 1 aliphatic rings. The molecule has 10 heteroatoms. The van der Waals surface area contributed by atoms with Crippen LogP contribution >= 0.6 is 23.1 Å². The topological polar surface area (TPSA) is 95.3 Å². The van der Waals surface area contributed by atoms with E-state index in [9.17, 15) is 9.59 Å². The van der Waals surface area contributed by atoms with E-state index in [0.717, 1.165) is 23.1 Å². The lowest BCUT2D eigenvalue weighted by molar-refractivity contribution is -0.113. The Hall–Kier alpha value is -2.95. The number of fused-ring (bicyclic) bond motifs is 3. The molecule has 1 aromatic carbocycles. The van der Waals surface area contributed by atoms with Crippen LogP contribution < -0.4 is 15.6 Å². The fourth-order valence-corrected chi connectivity index (χ4v) is 5.70. The number of nitrogens with zero attached hydrogens (tertiary/aromatic N) is 3. The number of ether oxygens (including phenoxy) is 2. The predicted molar refractivity (Wildman–Crippen MR) is 131 cm³/mol. The number of hydrogen-bond acceptors (Lipinski definition) is 8. The third kappa shape index (κ3) is 4.46. The van der Waals surface area contributed by atoms with E-state index in [1.807, 2.05) is 24.3 Å². The fourth-order valence-electron chi connectivity index (χ4n) is 3.87. The Balaban J connectivity index is 1.46. The van der Waals surface area contributed by atoms with Gasteiger partial charge in [0.15, 0.2) is 5.16 Å². The summed E-state index contributed by atoms with van der Waals surface area (Å²) in [4.78, 5) is 36.1. The minimum Gasteiger partial charge on any atom is -0.495 e. The highest BCUT2D eigenvalue weighted by Crippen LogP contribution is 2.31. The normalized spacial score (nSPS) is 15.8. The molecule has 0 spiro atoms. The third-order valence-electron chi connectivity index (χ3n) is 5.44. The van der Waals surface area contributed by atoms with Crippen molar-refractivity contribution >= 4 is 55.1 Å². The van der Waals surface area contributed by atoms with E-state index in [2.05, 4.69) is 10.3 Å². The van der Waals surface area contributed by atoms with Gasteiger partial charge < -0.3 is 14.8 Å². The minimum absolute atomic E-state index is 0.0313. The van der Waals surface area contributed by atoms with Crippen molar-refractivity contribution in [3.63, 3.8) is 0 Å². The van der Waals surface area contributed by atoms with E-state index in [1.54, 1.807) is 30.0 Å². The average molecular weight is 483 g/mol. The van der Waals surface area contributed by atoms with Crippen LogP contribution in [0.15, 0.2) is 52.5 Å². The van der Waals surface area contributed by atoms with Crippen molar-refractivity contribution in [3.05, 3.63) is 52.9 Å². The van der Waals surface area contributed by atoms with E-state index in [0.29, 0.717) is 40.0 Å². The number of carbonyl (C=O) groups is 1. The fraction of sp³-hybridized carbons (Fsp3) is 0.304. The molecule has 1 amide bonds. The molecular formula is C23H22N4O4S2. The Morgan fingerprint density at radius 2 is 2.21 bits per heavy atom. The van der Waals surface area contributed by atoms with Crippen molar-refractivity contribution in [1.29, 1.82) is 0 Å². The van der Waals surface area contributed by atoms with Gasteiger partial charge in [-0.25, -0.2) is 9.97 Å². The lowest BCUT2D eigenvalue weighted by atomic mass is 10.2. The van der Waals surface area contributed by atoms with Crippen LogP contribution in [0.3, 0.4) is 0 Å². The molecule has 5 rings (SSSR count). The largest absolute Gasteiger partial charge is 0.495 e. The maximum absolute atomic E-state index is 13.4. The van der Waals surface area contributed by atoms with Gasteiger partial charge in [-0.15, -0.1) is 11.3 Å². The second-order valence-corrected chi connectivity index (χ2v) is 9.56. The van der Waals surface area contributed by atoms with Gasteiger partial charge in [0.05, 0.1) is 36.7 Å². The number of amides is 1. The van der Waals surface area contributed by atoms with Gasteiger partial charge >= 0.3 is 0 Å². The summed E-state index contributed by atoms with van der Waals surface area (Å²) in [6, 6.07) is 11.0. The molecule has 0 radical (unpaired) electrons. The molecule has 1 aliphatic heterocycles. The number of anilines is 1. The van der Waals surface area contributed by atoms with Crippen LogP contribution in [0.25, 0.3) is 20.4 Å². The van der Waals surface area contributed by atoms with Crippen molar-refractivity contribution in [3.8, 4) is 5.75 Å². The number of benzene rings is 1.